The lowest BCUT2D eigenvalue weighted by molar-refractivity contribution is -0.177. The largest absolute Gasteiger partial charge is 0.468 e. The Labute approximate surface area is 153 Å². The highest BCUT2D eigenvalue weighted by molar-refractivity contribution is 6.02. The van der Waals surface area contributed by atoms with Crippen LogP contribution in [0.15, 0.2) is 36.9 Å². The molecule has 138 valence electrons. The van der Waals surface area contributed by atoms with Gasteiger partial charge in [-0.2, -0.15) is 0 Å². The van der Waals surface area contributed by atoms with Crippen LogP contribution in [0.1, 0.15) is 24.8 Å². The second-order valence-corrected chi connectivity index (χ2v) is 7.28. The highest BCUT2D eigenvalue weighted by Crippen LogP contribution is 2.50. The van der Waals surface area contributed by atoms with Crippen molar-refractivity contribution in [3.8, 4) is 5.75 Å². The molecule has 1 aromatic rings. The Hall–Kier alpha value is -2.34. The molecule has 4 rings (SSSR count). The van der Waals surface area contributed by atoms with Gasteiger partial charge in [0.25, 0.3) is 0 Å². The normalized spacial score (nSPS) is 30.4. The summed E-state index contributed by atoms with van der Waals surface area (Å²) in [6, 6.07) is 7.73. The summed E-state index contributed by atoms with van der Waals surface area (Å²) in [6.45, 7) is 8.16. The van der Waals surface area contributed by atoms with Crippen LogP contribution < -0.4 is 4.74 Å². The minimum absolute atomic E-state index is 0.101. The maximum Gasteiger partial charge on any atom is 0.239 e. The Balaban J connectivity index is 1.76. The van der Waals surface area contributed by atoms with Gasteiger partial charge in [0, 0.05) is 32.0 Å². The van der Waals surface area contributed by atoms with Crippen molar-refractivity contribution in [1.29, 1.82) is 0 Å². The summed E-state index contributed by atoms with van der Waals surface area (Å²) in [5.74, 6) is -0.404. The van der Waals surface area contributed by atoms with E-state index in [1.807, 2.05) is 31.2 Å². The van der Waals surface area contributed by atoms with Crippen LogP contribution in [0.4, 0.5) is 0 Å². The van der Waals surface area contributed by atoms with Crippen LogP contribution in [0.5, 0.6) is 5.75 Å². The second kappa shape index (κ2) is 6.43. The summed E-state index contributed by atoms with van der Waals surface area (Å²) in [5.41, 5.74) is 0.190. The lowest BCUT2D eigenvalue weighted by atomic mass is 9.73. The molecule has 3 aliphatic rings. The van der Waals surface area contributed by atoms with Gasteiger partial charge in [-0.25, -0.2) is 0 Å². The first-order valence-electron chi connectivity index (χ1n) is 9.12. The number of rotatable bonds is 3. The molecule has 2 fully saturated rings. The Morgan fingerprint density at radius 3 is 2.81 bits per heavy atom. The number of carbonyl (C=O) groups excluding carboxylic acids is 2. The summed E-state index contributed by atoms with van der Waals surface area (Å²) < 4.78 is 11.6. The average Bonchev–Trinajstić information content (AvgIpc) is 2.65. The molecule has 3 aliphatic heterocycles. The van der Waals surface area contributed by atoms with Gasteiger partial charge in [0.2, 0.25) is 11.8 Å². The molecular formula is C20H24N2O4. The van der Waals surface area contributed by atoms with E-state index in [1.54, 1.807) is 15.9 Å². The molecule has 1 aromatic carbocycles. The Morgan fingerprint density at radius 2 is 2.08 bits per heavy atom. The molecule has 3 heterocycles. The molecule has 0 aliphatic carbocycles. The van der Waals surface area contributed by atoms with E-state index in [2.05, 4.69) is 6.58 Å². The number of likely N-dealkylation sites (tertiary alicyclic amines) is 1. The molecule has 3 atom stereocenters. The monoisotopic (exact) mass is 356 g/mol. The van der Waals surface area contributed by atoms with Gasteiger partial charge in [-0.3, -0.25) is 9.59 Å². The van der Waals surface area contributed by atoms with Crippen molar-refractivity contribution in [2.24, 2.45) is 5.92 Å². The third-order valence-corrected chi connectivity index (χ3v) is 5.65. The Kier molecular flexibility index (Phi) is 4.23. The molecular weight excluding hydrogens is 332 g/mol. The zero-order valence-electron chi connectivity index (χ0n) is 15.0. The zero-order valence-corrected chi connectivity index (χ0v) is 15.0. The standard InChI is InChI=1S/C20H24N2O4/c1-3-8-22-19(24)17(18(23)21-9-11-25-12-10-21)15-13-20(22,2)26-16-7-5-4-6-14(15)16/h3-7,15,17H,1,8-13H2,2H3/t15-,17?,20-/m1/s1. The zero-order chi connectivity index (χ0) is 18.3. The molecule has 0 aromatic heterocycles. The molecule has 0 saturated carbocycles. The van der Waals surface area contributed by atoms with Gasteiger partial charge in [-0.1, -0.05) is 24.3 Å². The van der Waals surface area contributed by atoms with Crippen LogP contribution in [-0.2, 0) is 14.3 Å². The lowest BCUT2D eigenvalue weighted by Gasteiger charge is -2.53. The first-order chi connectivity index (χ1) is 12.5. The van der Waals surface area contributed by atoms with Crippen LogP contribution in [0.3, 0.4) is 0 Å². The molecule has 0 spiro atoms. The van der Waals surface area contributed by atoms with Crippen molar-refractivity contribution in [3.05, 3.63) is 42.5 Å². The SMILES string of the molecule is C=CCN1C(=O)C(C(=O)N2CCOCC2)[C@@H]2C[C@@]1(C)Oc1ccccc12. The van der Waals surface area contributed by atoms with E-state index in [1.165, 1.54) is 0 Å². The van der Waals surface area contributed by atoms with Crippen molar-refractivity contribution in [3.63, 3.8) is 0 Å². The van der Waals surface area contributed by atoms with Crippen molar-refractivity contribution in [2.75, 3.05) is 32.8 Å². The molecule has 0 N–H and O–H groups in total. The topological polar surface area (TPSA) is 59.1 Å². The maximum absolute atomic E-state index is 13.3. The van der Waals surface area contributed by atoms with Gasteiger partial charge < -0.3 is 19.3 Å². The fourth-order valence-electron chi connectivity index (χ4n) is 4.38. The number of fused-ring (bicyclic) bond motifs is 4. The van der Waals surface area contributed by atoms with Crippen LogP contribution >= 0.6 is 0 Å². The van der Waals surface area contributed by atoms with Gasteiger partial charge in [0.15, 0.2) is 5.72 Å². The van der Waals surface area contributed by atoms with Crippen molar-refractivity contribution >= 4 is 11.8 Å². The van der Waals surface area contributed by atoms with Gasteiger partial charge in [0.1, 0.15) is 11.7 Å². The number of carbonyl (C=O) groups is 2. The number of nitrogens with zero attached hydrogens (tertiary/aromatic N) is 2. The molecule has 6 nitrogen and oxygen atoms in total. The van der Waals surface area contributed by atoms with E-state index in [0.717, 1.165) is 11.3 Å². The summed E-state index contributed by atoms with van der Waals surface area (Å²) in [7, 11) is 0. The van der Waals surface area contributed by atoms with E-state index in [9.17, 15) is 9.59 Å². The molecule has 2 bridgehead atoms. The van der Waals surface area contributed by atoms with Gasteiger partial charge in [-0.05, 0) is 18.6 Å². The van der Waals surface area contributed by atoms with Crippen molar-refractivity contribution in [2.45, 2.75) is 25.0 Å². The molecule has 6 heteroatoms. The van der Waals surface area contributed by atoms with Gasteiger partial charge in [-0.15, -0.1) is 6.58 Å². The lowest BCUT2D eigenvalue weighted by Crippen LogP contribution is -2.65. The van der Waals surface area contributed by atoms with Gasteiger partial charge >= 0.3 is 0 Å². The smallest absolute Gasteiger partial charge is 0.239 e. The number of amides is 2. The third-order valence-electron chi connectivity index (χ3n) is 5.65. The first kappa shape index (κ1) is 17.1. The summed E-state index contributed by atoms with van der Waals surface area (Å²) in [4.78, 5) is 30.1. The highest BCUT2D eigenvalue weighted by Gasteiger charge is 2.56. The quantitative estimate of drug-likeness (QED) is 0.612. The van der Waals surface area contributed by atoms with Crippen LogP contribution in [0.25, 0.3) is 0 Å². The van der Waals surface area contributed by atoms with E-state index in [0.29, 0.717) is 39.3 Å². The number of hydrogen-bond donors (Lipinski definition) is 0. The highest BCUT2D eigenvalue weighted by atomic mass is 16.5. The third kappa shape index (κ3) is 2.60. The molecule has 2 amide bonds. The van der Waals surface area contributed by atoms with E-state index < -0.39 is 11.6 Å². The minimum Gasteiger partial charge on any atom is -0.468 e. The predicted molar refractivity (Wildman–Crippen MR) is 95.6 cm³/mol. The number of benzene rings is 1. The molecule has 0 radical (unpaired) electrons. The van der Waals surface area contributed by atoms with Crippen LogP contribution in [-0.4, -0.2) is 60.2 Å². The van der Waals surface area contributed by atoms with Gasteiger partial charge in [0.05, 0.1) is 13.2 Å². The Bertz CT molecular complexity index is 743. The second-order valence-electron chi connectivity index (χ2n) is 7.28. The number of para-hydroxylation sites is 1. The summed E-state index contributed by atoms with van der Waals surface area (Å²) >= 11 is 0. The summed E-state index contributed by atoms with van der Waals surface area (Å²) in [6.07, 6.45) is 2.29. The van der Waals surface area contributed by atoms with Crippen LogP contribution in [0.2, 0.25) is 0 Å². The number of hydrogen-bond acceptors (Lipinski definition) is 4. The molecule has 26 heavy (non-hydrogen) atoms. The fourth-order valence-corrected chi connectivity index (χ4v) is 4.38. The number of ether oxygens (including phenoxy) is 2. The first-order valence-corrected chi connectivity index (χ1v) is 9.12. The van der Waals surface area contributed by atoms with Crippen molar-refractivity contribution < 1.29 is 19.1 Å². The van der Waals surface area contributed by atoms with Crippen LogP contribution in [0, 0.1) is 5.92 Å². The van der Waals surface area contributed by atoms with E-state index in [-0.39, 0.29) is 17.7 Å². The maximum atomic E-state index is 13.3. The number of piperidine rings is 1. The summed E-state index contributed by atoms with van der Waals surface area (Å²) in [5, 5.41) is 0. The van der Waals surface area contributed by atoms with E-state index >= 15 is 0 Å². The molecule has 1 unspecified atom stereocenters. The predicted octanol–water partition coefficient (Wildman–Crippen LogP) is 1.77. The van der Waals surface area contributed by atoms with E-state index in [4.69, 9.17) is 9.47 Å². The fraction of sp³-hybridized carbons (Fsp3) is 0.500. The Morgan fingerprint density at radius 1 is 1.35 bits per heavy atom. The number of morpholine rings is 1. The van der Waals surface area contributed by atoms with Crippen molar-refractivity contribution in [1.82, 2.24) is 9.80 Å². The average molecular weight is 356 g/mol. The minimum atomic E-state index is -0.758. The molecule has 2 saturated heterocycles.